The molecule has 1 fully saturated rings. The van der Waals surface area contributed by atoms with Crippen LogP contribution in [-0.2, 0) is 4.79 Å². The van der Waals surface area contributed by atoms with E-state index in [0.29, 0.717) is 18.3 Å². The number of aliphatic hydroxyl groups is 1. The first-order chi connectivity index (χ1) is 9.78. The number of nitrogens with one attached hydrogen (secondary N) is 1. The van der Waals surface area contributed by atoms with Gasteiger partial charge in [-0.15, -0.1) is 0 Å². The monoisotopic (exact) mass is 291 g/mol. The number of aromatic nitrogens is 2. The first kappa shape index (κ1) is 13.5. The molecule has 3 rings (SSSR count). The Morgan fingerprint density at radius 3 is 2.95 bits per heavy atom. The highest BCUT2D eigenvalue weighted by Gasteiger charge is 2.31. The molecule has 0 saturated heterocycles. The van der Waals surface area contributed by atoms with E-state index in [1.165, 1.54) is 11.8 Å². The predicted octanol–water partition coefficient (Wildman–Crippen LogP) is 1.64. The van der Waals surface area contributed by atoms with Gasteiger partial charge in [0.2, 0.25) is 5.91 Å². The van der Waals surface area contributed by atoms with Crippen LogP contribution in [0.15, 0.2) is 29.4 Å². The van der Waals surface area contributed by atoms with E-state index < -0.39 is 0 Å². The molecular weight excluding hydrogens is 274 g/mol. The van der Waals surface area contributed by atoms with E-state index in [-0.39, 0.29) is 12.5 Å². The molecule has 1 aliphatic rings. The minimum absolute atomic E-state index is 0.0253. The molecule has 0 bridgehead atoms. The van der Waals surface area contributed by atoms with E-state index in [9.17, 15) is 4.79 Å². The number of aliphatic hydroxyl groups excluding tert-OH is 1. The lowest BCUT2D eigenvalue weighted by Crippen LogP contribution is -2.36. The number of imidazole rings is 1. The van der Waals surface area contributed by atoms with Crippen molar-refractivity contribution >= 4 is 28.7 Å². The molecule has 1 saturated carbocycles. The number of hydrogen-bond acceptors (Lipinski definition) is 4. The highest BCUT2D eigenvalue weighted by molar-refractivity contribution is 7.99. The van der Waals surface area contributed by atoms with Crippen molar-refractivity contribution in [3.8, 4) is 0 Å². The Kier molecular flexibility index (Phi) is 3.93. The van der Waals surface area contributed by atoms with Crippen molar-refractivity contribution in [1.82, 2.24) is 14.9 Å². The lowest BCUT2D eigenvalue weighted by Gasteiger charge is -2.20. The quantitative estimate of drug-likeness (QED) is 0.794. The molecule has 5 nitrogen and oxygen atoms in total. The van der Waals surface area contributed by atoms with Gasteiger partial charge in [-0.25, -0.2) is 4.98 Å². The molecule has 106 valence electrons. The largest absolute Gasteiger partial charge is 0.395 e. The molecule has 20 heavy (non-hydrogen) atoms. The zero-order chi connectivity index (χ0) is 13.9. The van der Waals surface area contributed by atoms with Gasteiger partial charge in [-0.2, -0.15) is 0 Å². The SMILES string of the molecule is O=C(CSc1nc2ccccc2[nH]1)N(CCO)C1CC1. The van der Waals surface area contributed by atoms with Gasteiger partial charge in [-0.1, -0.05) is 23.9 Å². The molecule has 0 aliphatic heterocycles. The second-order valence-electron chi connectivity index (χ2n) is 4.89. The predicted molar refractivity (Wildman–Crippen MR) is 78.6 cm³/mol. The zero-order valence-electron chi connectivity index (χ0n) is 11.1. The number of para-hydroxylation sites is 2. The van der Waals surface area contributed by atoms with Crippen LogP contribution in [0.1, 0.15) is 12.8 Å². The maximum absolute atomic E-state index is 12.2. The van der Waals surface area contributed by atoms with E-state index in [4.69, 9.17) is 5.11 Å². The summed E-state index contributed by atoms with van der Waals surface area (Å²) in [5, 5.41) is 9.79. The first-order valence-electron chi connectivity index (χ1n) is 6.76. The maximum atomic E-state index is 12.2. The van der Waals surface area contributed by atoms with Crippen LogP contribution >= 0.6 is 11.8 Å². The van der Waals surface area contributed by atoms with Crippen LogP contribution in [0.2, 0.25) is 0 Å². The number of carbonyl (C=O) groups excluding carboxylic acids is 1. The van der Waals surface area contributed by atoms with Gasteiger partial charge in [0.1, 0.15) is 0 Å². The smallest absolute Gasteiger partial charge is 0.233 e. The lowest BCUT2D eigenvalue weighted by molar-refractivity contribution is -0.129. The Bertz CT molecular complexity index is 576. The number of H-pyrrole nitrogens is 1. The summed E-state index contributed by atoms with van der Waals surface area (Å²) in [5.74, 6) is 0.433. The van der Waals surface area contributed by atoms with Crippen LogP contribution < -0.4 is 0 Å². The molecule has 1 aliphatic carbocycles. The summed E-state index contributed by atoms with van der Waals surface area (Å²) in [6, 6.07) is 8.15. The Hall–Kier alpha value is -1.53. The minimum Gasteiger partial charge on any atom is -0.395 e. The number of rotatable bonds is 6. The van der Waals surface area contributed by atoms with Crippen LogP contribution in [0.25, 0.3) is 11.0 Å². The average molecular weight is 291 g/mol. The third kappa shape index (κ3) is 2.96. The molecule has 1 aromatic carbocycles. The summed E-state index contributed by atoms with van der Waals surface area (Å²) >= 11 is 1.41. The summed E-state index contributed by atoms with van der Waals surface area (Å²) in [6.07, 6.45) is 2.11. The Morgan fingerprint density at radius 2 is 2.25 bits per heavy atom. The van der Waals surface area contributed by atoms with Crippen molar-refractivity contribution in [2.75, 3.05) is 18.9 Å². The van der Waals surface area contributed by atoms with Gasteiger partial charge < -0.3 is 15.0 Å². The molecule has 0 radical (unpaired) electrons. The fraction of sp³-hybridized carbons (Fsp3) is 0.429. The van der Waals surface area contributed by atoms with Crippen molar-refractivity contribution < 1.29 is 9.90 Å². The molecule has 0 spiro atoms. The van der Waals surface area contributed by atoms with E-state index in [1.54, 1.807) is 4.90 Å². The summed E-state index contributed by atoms with van der Waals surface area (Å²) in [5.41, 5.74) is 1.90. The molecule has 1 aromatic heterocycles. The second kappa shape index (κ2) is 5.85. The van der Waals surface area contributed by atoms with Crippen LogP contribution in [-0.4, -0.2) is 50.8 Å². The van der Waals surface area contributed by atoms with Crippen molar-refractivity contribution in [2.24, 2.45) is 0 Å². The molecule has 2 aromatic rings. The van der Waals surface area contributed by atoms with Gasteiger partial charge in [-0.3, -0.25) is 4.79 Å². The number of hydrogen-bond donors (Lipinski definition) is 2. The van der Waals surface area contributed by atoms with Crippen molar-refractivity contribution in [3.05, 3.63) is 24.3 Å². The van der Waals surface area contributed by atoms with Gasteiger partial charge in [-0.05, 0) is 25.0 Å². The van der Waals surface area contributed by atoms with Gasteiger partial charge in [0.25, 0.3) is 0 Å². The van der Waals surface area contributed by atoms with Crippen LogP contribution in [0.3, 0.4) is 0 Å². The highest BCUT2D eigenvalue weighted by atomic mass is 32.2. The summed E-state index contributed by atoms with van der Waals surface area (Å²) in [6.45, 7) is 0.460. The number of aromatic amines is 1. The van der Waals surface area contributed by atoms with Gasteiger partial charge in [0.15, 0.2) is 5.16 Å². The number of thioether (sulfide) groups is 1. The minimum atomic E-state index is 0.0253. The summed E-state index contributed by atoms with van der Waals surface area (Å²) in [4.78, 5) is 21.6. The normalized spacial score (nSPS) is 14.7. The molecule has 0 unspecified atom stereocenters. The second-order valence-corrected chi connectivity index (χ2v) is 5.85. The molecule has 1 heterocycles. The number of fused-ring (bicyclic) bond motifs is 1. The average Bonchev–Trinajstić information content (AvgIpc) is 3.20. The van der Waals surface area contributed by atoms with Crippen molar-refractivity contribution in [1.29, 1.82) is 0 Å². The Balaban J connectivity index is 1.61. The summed E-state index contributed by atoms with van der Waals surface area (Å²) in [7, 11) is 0. The fourth-order valence-corrected chi connectivity index (χ4v) is 2.99. The van der Waals surface area contributed by atoms with Crippen LogP contribution in [0, 0.1) is 0 Å². The van der Waals surface area contributed by atoms with Crippen LogP contribution in [0.5, 0.6) is 0 Å². The maximum Gasteiger partial charge on any atom is 0.233 e. The summed E-state index contributed by atoms with van der Waals surface area (Å²) < 4.78 is 0. The van der Waals surface area contributed by atoms with E-state index in [1.807, 2.05) is 24.3 Å². The Labute approximate surface area is 121 Å². The third-order valence-electron chi connectivity index (χ3n) is 3.35. The number of amides is 1. The van der Waals surface area contributed by atoms with Gasteiger partial charge in [0, 0.05) is 12.6 Å². The molecule has 1 amide bonds. The van der Waals surface area contributed by atoms with E-state index in [2.05, 4.69) is 9.97 Å². The van der Waals surface area contributed by atoms with Crippen LogP contribution in [0.4, 0.5) is 0 Å². The van der Waals surface area contributed by atoms with Crippen molar-refractivity contribution in [3.63, 3.8) is 0 Å². The molecular formula is C14H17N3O2S. The van der Waals surface area contributed by atoms with Gasteiger partial charge >= 0.3 is 0 Å². The van der Waals surface area contributed by atoms with Gasteiger partial charge in [0.05, 0.1) is 23.4 Å². The van der Waals surface area contributed by atoms with E-state index in [0.717, 1.165) is 29.0 Å². The Morgan fingerprint density at radius 1 is 1.45 bits per heavy atom. The van der Waals surface area contributed by atoms with E-state index >= 15 is 0 Å². The zero-order valence-corrected chi connectivity index (χ0v) is 11.9. The standard InChI is InChI=1S/C14H17N3O2S/c18-8-7-17(10-5-6-10)13(19)9-20-14-15-11-3-1-2-4-12(11)16-14/h1-4,10,18H,5-9H2,(H,15,16). The molecule has 6 heteroatoms. The number of nitrogens with zero attached hydrogens (tertiary/aromatic N) is 2. The lowest BCUT2D eigenvalue weighted by atomic mass is 10.3. The molecule has 0 atom stereocenters. The third-order valence-corrected chi connectivity index (χ3v) is 4.21. The number of benzene rings is 1. The van der Waals surface area contributed by atoms with Crippen molar-refractivity contribution in [2.45, 2.75) is 24.0 Å². The number of carbonyl (C=O) groups is 1. The molecule has 2 N–H and O–H groups in total. The first-order valence-corrected chi connectivity index (χ1v) is 7.74. The fourth-order valence-electron chi connectivity index (χ4n) is 2.22. The highest BCUT2D eigenvalue weighted by Crippen LogP contribution is 2.28. The topological polar surface area (TPSA) is 69.2 Å².